The molecule has 0 spiro atoms. The molecule has 160 valence electrons. The van der Waals surface area contributed by atoms with E-state index in [2.05, 4.69) is 52.2 Å². The van der Waals surface area contributed by atoms with E-state index in [1.807, 2.05) is 4.57 Å². The SMILES string of the molecule is C[Si](C)(C)CCOCn1c(O[C@@H]2CO[C@H]3C2OC[C@H]3O)nc2cc(Cl)c(I)nc21. The number of aliphatic hydroxyl groups excluding tert-OH is 1. The van der Waals surface area contributed by atoms with Crippen molar-refractivity contribution >= 4 is 53.4 Å². The number of rotatable bonds is 7. The summed E-state index contributed by atoms with van der Waals surface area (Å²) in [7, 11) is -1.19. The van der Waals surface area contributed by atoms with E-state index in [9.17, 15) is 5.11 Å². The third-order valence-electron chi connectivity index (χ3n) is 5.05. The highest BCUT2D eigenvalue weighted by molar-refractivity contribution is 14.1. The second-order valence-electron chi connectivity index (χ2n) is 8.59. The van der Waals surface area contributed by atoms with Gasteiger partial charge in [0.25, 0.3) is 0 Å². The summed E-state index contributed by atoms with van der Waals surface area (Å²) in [5.74, 6) is 0. The Bertz CT molecular complexity index is 892. The third-order valence-corrected chi connectivity index (χ3v) is 8.19. The molecule has 2 aromatic rings. The van der Waals surface area contributed by atoms with Crippen LogP contribution in [0.25, 0.3) is 11.2 Å². The molecule has 11 heteroatoms. The second-order valence-corrected chi connectivity index (χ2v) is 15.6. The lowest BCUT2D eigenvalue weighted by Gasteiger charge is -2.19. The number of fused-ring (bicyclic) bond motifs is 2. The van der Waals surface area contributed by atoms with Gasteiger partial charge in [0.1, 0.15) is 34.3 Å². The Kier molecular flexibility index (Phi) is 6.41. The monoisotopic (exact) mass is 553 g/mol. The van der Waals surface area contributed by atoms with Gasteiger partial charge in [-0.2, -0.15) is 4.98 Å². The van der Waals surface area contributed by atoms with Crippen molar-refractivity contribution in [1.82, 2.24) is 14.5 Å². The van der Waals surface area contributed by atoms with Crippen LogP contribution >= 0.6 is 34.2 Å². The van der Waals surface area contributed by atoms with Crippen LogP contribution in [0.3, 0.4) is 0 Å². The molecule has 4 rings (SSSR count). The van der Waals surface area contributed by atoms with Gasteiger partial charge in [-0.3, -0.25) is 4.57 Å². The average Bonchev–Trinajstić information content (AvgIpc) is 3.29. The summed E-state index contributed by atoms with van der Waals surface area (Å²) in [6.45, 7) is 8.48. The van der Waals surface area contributed by atoms with Gasteiger partial charge in [0.15, 0.2) is 11.8 Å². The van der Waals surface area contributed by atoms with Gasteiger partial charge >= 0.3 is 6.01 Å². The highest BCUT2D eigenvalue weighted by Gasteiger charge is 2.48. The van der Waals surface area contributed by atoms with Crippen molar-refractivity contribution in [3.8, 4) is 6.01 Å². The van der Waals surface area contributed by atoms with E-state index in [4.69, 9.17) is 30.5 Å². The average molecular weight is 554 g/mol. The Morgan fingerprint density at radius 2 is 2.03 bits per heavy atom. The summed E-state index contributed by atoms with van der Waals surface area (Å²) in [5, 5.41) is 10.5. The van der Waals surface area contributed by atoms with E-state index in [1.54, 1.807) is 6.07 Å². The predicted octanol–water partition coefficient (Wildman–Crippen LogP) is 2.91. The number of hydrogen-bond donors (Lipinski definition) is 1. The Balaban J connectivity index is 1.57. The molecule has 1 N–H and O–H groups in total. The lowest BCUT2D eigenvalue weighted by molar-refractivity contribution is 0.00336. The van der Waals surface area contributed by atoms with Crippen LogP contribution in [0.1, 0.15) is 0 Å². The van der Waals surface area contributed by atoms with Crippen LogP contribution in [0.5, 0.6) is 6.01 Å². The normalized spacial score (nSPS) is 27.0. The number of nitrogens with zero attached hydrogens (tertiary/aromatic N) is 3. The fourth-order valence-corrected chi connectivity index (χ4v) is 4.69. The van der Waals surface area contributed by atoms with E-state index in [1.165, 1.54) is 0 Å². The van der Waals surface area contributed by atoms with Gasteiger partial charge in [0.2, 0.25) is 0 Å². The van der Waals surface area contributed by atoms with Crippen molar-refractivity contribution in [2.24, 2.45) is 0 Å². The Labute approximate surface area is 189 Å². The maximum absolute atomic E-state index is 9.95. The molecule has 2 aromatic heterocycles. The summed E-state index contributed by atoms with van der Waals surface area (Å²) in [6.07, 6.45) is -1.66. The van der Waals surface area contributed by atoms with E-state index in [0.29, 0.717) is 39.1 Å². The first-order valence-corrected chi connectivity index (χ1v) is 14.8. The van der Waals surface area contributed by atoms with Crippen LogP contribution < -0.4 is 4.74 Å². The number of ether oxygens (including phenoxy) is 4. The van der Waals surface area contributed by atoms with Gasteiger partial charge in [0.05, 0.1) is 18.2 Å². The van der Waals surface area contributed by atoms with Gasteiger partial charge in [0, 0.05) is 14.7 Å². The van der Waals surface area contributed by atoms with Crippen LogP contribution in [0.2, 0.25) is 30.7 Å². The minimum absolute atomic E-state index is 0.251. The van der Waals surface area contributed by atoms with Crippen molar-refractivity contribution < 1.29 is 24.1 Å². The molecule has 0 aromatic carbocycles. The van der Waals surface area contributed by atoms with Crippen molar-refractivity contribution in [2.45, 2.75) is 56.8 Å². The first kappa shape index (κ1) is 21.7. The molecule has 0 aliphatic carbocycles. The van der Waals surface area contributed by atoms with Gasteiger partial charge in [-0.25, -0.2) is 4.98 Å². The Hall–Kier alpha value is -0.503. The zero-order valence-corrected chi connectivity index (χ0v) is 20.5. The molecule has 0 radical (unpaired) electrons. The zero-order chi connectivity index (χ0) is 20.8. The number of hydrogen-bond acceptors (Lipinski definition) is 7. The van der Waals surface area contributed by atoms with E-state index >= 15 is 0 Å². The van der Waals surface area contributed by atoms with Crippen molar-refractivity contribution in [3.63, 3.8) is 0 Å². The summed E-state index contributed by atoms with van der Waals surface area (Å²) in [5.41, 5.74) is 1.30. The lowest BCUT2D eigenvalue weighted by atomic mass is 10.1. The number of imidazole rings is 1. The molecule has 0 amide bonds. The largest absolute Gasteiger partial charge is 0.456 e. The Morgan fingerprint density at radius 3 is 2.79 bits per heavy atom. The van der Waals surface area contributed by atoms with E-state index in [0.717, 1.165) is 6.04 Å². The fraction of sp³-hybridized carbons (Fsp3) is 0.667. The summed E-state index contributed by atoms with van der Waals surface area (Å²) < 4.78 is 25.9. The maximum Gasteiger partial charge on any atom is 0.301 e. The highest BCUT2D eigenvalue weighted by atomic mass is 127. The van der Waals surface area contributed by atoms with Gasteiger partial charge in [-0.05, 0) is 34.7 Å². The molecule has 2 aliphatic rings. The van der Waals surface area contributed by atoms with E-state index < -0.39 is 14.2 Å². The molecule has 0 saturated carbocycles. The summed E-state index contributed by atoms with van der Waals surface area (Å²) >= 11 is 8.33. The molecule has 2 aliphatic heterocycles. The molecular weight excluding hydrogens is 529 g/mol. The molecule has 0 bridgehead atoms. The minimum atomic E-state index is -1.19. The fourth-order valence-electron chi connectivity index (χ4n) is 3.40. The lowest BCUT2D eigenvalue weighted by Crippen LogP contribution is -2.35. The number of pyridine rings is 1. The van der Waals surface area contributed by atoms with Crippen LogP contribution in [0.15, 0.2) is 6.07 Å². The predicted molar refractivity (Wildman–Crippen MR) is 119 cm³/mol. The molecular formula is C18H25ClIN3O5Si. The minimum Gasteiger partial charge on any atom is -0.456 e. The Morgan fingerprint density at radius 1 is 1.28 bits per heavy atom. The molecule has 8 nitrogen and oxygen atoms in total. The second kappa shape index (κ2) is 8.56. The molecule has 2 fully saturated rings. The summed E-state index contributed by atoms with van der Waals surface area (Å²) in [4.78, 5) is 9.16. The van der Waals surface area contributed by atoms with Crippen LogP contribution in [-0.2, 0) is 20.9 Å². The molecule has 4 atom stereocenters. The summed E-state index contributed by atoms with van der Waals surface area (Å²) in [6, 6.07) is 3.23. The van der Waals surface area contributed by atoms with E-state index in [-0.39, 0.29) is 31.6 Å². The smallest absolute Gasteiger partial charge is 0.301 e. The highest BCUT2D eigenvalue weighted by Crippen LogP contribution is 2.32. The maximum atomic E-state index is 9.95. The first-order chi connectivity index (χ1) is 13.7. The molecule has 2 saturated heterocycles. The van der Waals surface area contributed by atoms with Crippen molar-refractivity contribution in [1.29, 1.82) is 0 Å². The number of halogens is 2. The van der Waals surface area contributed by atoms with Gasteiger partial charge in [-0.15, -0.1) is 0 Å². The molecule has 1 unspecified atom stereocenters. The zero-order valence-electron chi connectivity index (χ0n) is 16.6. The van der Waals surface area contributed by atoms with Gasteiger partial charge in [-0.1, -0.05) is 31.2 Å². The number of aromatic nitrogens is 3. The van der Waals surface area contributed by atoms with Crippen LogP contribution in [0.4, 0.5) is 0 Å². The third kappa shape index (κ3) is 4.73. The molecule has 4 heterocycles. The standard InChI is InChI=1S/C18H25ClIN3O5Si/c1-29(2,3)5-4-25-9-23-17-11(6-10(19)16(20)22-17)21-18(23)28-13-8-27-14-12(24)7-26-15(13)14/h6,12-15,24H,4-5,7-9H2,1-3H3/t12-,13-,14-,15?/m1/s1. The number of aliphatic hydroxyl groups is 1. The first-order valence-electron chi connectivity index (χ1n) is 9.61. The van der Waals surface area contributed by atoms with Crippen molar-refractivity contribution in [3.05, 3.63) is 14.8 Å². The van der Waals surface area contributed by atoms with Crippen LogP contribution in [0, 0.1) is 3.70 Å². The quantitative estimate of drug-likeness (QED) is 0.244. The molecule has 29 heavy (non-hydrogen) atoms. The topological polar surface area (TPSA) is 87.9 Å². The van der Waals surface area contributed by atoms with Gasteiger partial charge < -0.3 is 24.1 Å². The van der Waals surface area contributed by atoms with Crippen LogP contribution in [-0.4, -0.2) is 72.0 Å². The van der Waals surface area contributed by atoms with Crippen molar-refractivity contribution in [2.75, 3.05) is 19.8 Å².